The predicted octanol–water partition coefficient (Wildman–Crippen LogP) is 0.978. The molecule has 0 bridgehead atoms. The van der Waals surface area contributed by atoms with Crippen LogP contribution in [0.4, 0.5) is 5.82 Å². The molecule has 0 saturated heterocycles. The molecule has 1 atom stereocenters. The monoisotopic (exact) mass is 265 g/mol. The van der Waals surface area contributed by atoms with Crippen LogP contribution in [0.15, 0.2) is 12.4 Å². The molecular formula is C13H23N5O. The molecule has 19 heavy (non-hydrogen) atoms. The normalized spacial score (nSPS) is 12.3. The molecule has 0 radical (unpaired) electrons. The fraction of sp³-hybridized carbons (Fsp3) is 0.615. The number of likely N-dealkylation sites (N-methyl/N-ethyl adjacent to an activating group) is 1. The zero-order valence-corrected chi connectivity index (χ0v) is 12.1. The summed E-state index contributed by atoms with van der Waals surface area (Å²) in [6.45, 7) is 5.75. The van der Waals surface area contributed by atoms with Crippen molar-refractivity contribution in [2.75, 3.05) is 32.5 Å². The van der Waals surface area contributed by atoms with Gasteiger partial charge in [-0.2, -0.15) is 0 Å². The molecule has 0 aliphatic heterocycles. The van der Waals surface area contributed by atoms with Crippen molar-refractivity contribution in [3.05, 3.63) is 18.1 Å². The van der Waals surface area contributed by atoms with Crippen LogP contribution in [-0.2, 0) is 0 Å². The van der Waals surface area contributed by atoms with Crippen molar-refractivity contribution in [2.24, 2.45) is 0 Å². The minimum atomic E-state index is -0.187. The first kappa shape index (κ1) is 15.4. The third-order valence-corrected chi connectivity index (χ3v) is 3.23. The third kappa shape index (κ3) is 4.82. The molecular weight excluding hydrogens is 242 g/mol. The Morgan fingerprint density at radius 1 is 1.42 bits per heavy atom. The smallest absolute Gasteiger partial charge is 0.271 e. The molecule has 0 spiro atoms. The van der Waals surface area contributed by atoms with Crippen LogP contribution in [0.1, 0.15) is 30.8 Å². The standard InChI is InChI=1S/C13H23N5O/c1-5-10(2)18(4)7-6-15-13(19)11-8-17-12(14-3)9-16-11/h8-10H,5-7H2,1-4H3,(H,14,17)(H,15,19). The number of rotatable bonds is 7. The molecule has 1 heterocycles. The van der Waals surface area contributed by atoms with Crippen LogP contribution in [0.5, 0.6) is 0 Å². The van der Waals surface area contributed by atoms with E-state index in [4.69, 9.17) is 0 Å². The third-order valence-electron chi connectivity index (χ3n) is 3.23. The first-order valence-corrected chi connectivity index (χ1v) is 6.56. The highest BCUT2D eigenvalue weighted by molar-refractivity contribution is 5.91. The van der Waals surface area contributed by atoms with Gasteiger partial charge in [-0.3, -0.25) is 4.79 Å². The van der Waals surface area contributed by atoms with Gasteiger partial charge in [-0.25, -0.2) is 9.97 Å². The van der Waals surface area contributed by atoms with Gasteiger partial charge in [0.25, 0.3) is 5.91 Å². The fourth-order valence-electron chi connectivity index (χ4n) is 1.54. The van der Waals surface area contributed by atoms with E-state index in [2.05, 4.69) is 46.4 Å². The van der Waals surface area contributed by atoms with Gasteiger partial charge in [0, 0.05) is 26.2 Å². The molecule has 2 N–H and O–H groups in total. The van der Waals surface area contributed by atoms with Crippen LogP contribution < -0.4 is 10.6 Å². The van der Waals surface area contributed by atoms with Crippen LogP contribution in [0.3, 0.4) is 0 Å². The molecule has 1 aromatic rings. The van der Waals surface area contributed by atoms with Crippen molar-refractivity contribution in [1.82, 2.24) is 20.2 Å². The number of hydrogen-bond donors (Lipinski definition) is 2. The Labute approximate surface area is 114 Å². The largest absolute Gasteiger partial charge is 0.372 e. The maximum absolute atomic E-state index is 11.8. The first-order chi connectivity index (χ1) is 9.08. The molecule has 106 valence electrons. The van der Waals surface area contributed by atoms with E-state index in [1.807, 2.05) is 0 Å². The number of carbonyl (C=O) groups is 1. The molecule has 1 unspecified atom stereocenters. The molecule has 6 nitrogen and oxygen atoms in total. The highest BCUT2D eigenvalue weighted by atomic mass is 16.1. The Hall–Kier alpha value is -1.69. The van der Waals surface area contributed by atoms with Crippen molar-refractivity contribution in [2.45, 2.75) is 26.3 Å². The van der Waals surface area contributed by atoms with Crippen LogP contribution in [-0.4, -0.2) is 54.0 Å². The fourth-order valence-corrected chi connectivity index (χ4v) is 1.54. The lowest BCUT2D eigenvalue weighted by molar-refractivity contribution is 0.0942. The highest BCUT2D eigenvalue weighted by Crippen LogP contribution is 2.00. The second-order valence-electron chi connectivity index (χ2n) is 4.53. The quantitative estimate of drug-likeness (QED) is 0.769. The zero-order chi connectivity index (χ0) is 14.3. The number of carbonyl (C=O) groups excluding carboxylic acids is 1. The van der Waals surface area contributed by atoms with E-state index in [1.54, 1.807) is 13.2 Å². The second-order valence-corrected chi connectivity index (χ2v) is 4.53. The maximum atomic E-state index is 11.8. The number of hydrogen-bond acceptors (Lipinski definition) is 5. The average molecular weight is 265 g/mol. The molecule has 0 aliphatic carbocycles. The highest BCUT2D eigenvalue weighted by Gasteiger charge is 2.09. The summed E-state index contributed by atoms with van der Waals surface area (Å²) in [5, 5.41) is 5.70. The van der Waals surface area contributed by atoms with Gasteiger partial charge >= 0.3 is 0 Å². The predicted molar refractivity (Wildman–Crippen MR) is 76.3 cm³/mol. The summed E-state index contributed by atoms with van der Waals surface area (Å²) in [5.41, 5.74) is 0.338. The Balaban J connectivity index is 2.38. The number of aromatic nitrogens is 2. The van der Waals surface area contributed by atoms with Gasteiger partial charge in [-0.05, 0) is 20.4 Å². The van der Waals surface area contributed by atoms with Gasteiger partial charge in [-0.15, -0.1) is 0 Å². The molecule has 1 amide bonds. The molecule has 0 aliphatic rings. The summed E-state index contributed by atoms with van der Waals surface area (Å²) >= 11 is 0. The van der Waals surface area contributed by atoms with Gasteiger partial charge in [-0.1, -0.05) is 6.92 Å². The molecule has 6 heteroatoms. The second kappa shape index (κ2) is 7.68. The Kier molecular flexibility index (Phi) is 6.21. The summed E-state index contributed by atoms with van der Waals surface area (Å²) < 4.78 is 0. The van der Waals surface area contributed by atoms with Crippen LogP contribution in [0.25, 0.3) is 0 Å². The Bertz CT molecular complexity index is 393. The molecule has 0 fully saturated rings. The van der Waals surface area contributed by atoms with Gasteiger partial charge < -0.3 is 15.5 Å². The van der Waals surface area contributed by atoms with Crippen molar-refractivity contribution in [1.29, 1.82) is 0 Å². The lowest BCUT2D eigenvalue weighted by Crippen LogP contribution is -2.37. The van der Waals surface area contributed by atoms with Gasteiger partial charge in [0.15, 0.2) is 0 Å². The number of anilines is 1. The topological polar surface area (TPSA) is 70.2 Å². The molecule has 1 aromatic heterocycles. The zero-order valence-electron chi connectivity index (χ0n) is 12.1. The van der Waals surface area contributed by atoms with Crippen LogP contribution in [0, 0.1) is 0 Å². The van der Waals surface area contributed by atoms with E-state index in [1.165, 1.54) is 6.20 Å². The maximum Gasteiger partial charge on any atom is 0.271 e. The van der Waals surface area contributed by atoms with Crippen molar-refractivity contribution >= 4 is 11.7 Å². The number of amides is 1. The molecule has 0 aromatic carbocycles. The lowest BCUT2D eigenvalue weighted by Gasteiger charge is -2.23. The Morgan fingerprint density at radius 3 is 2.68 bits per heavy atom. The van der Waals surface area contributed by atoms with Crippen molar-refractivity contribution in [3.8, 4) is 0 Å². The van der Waals surface area contributed by atoms with Crippen molar-refractivity contribution in [3.63, 3.8) is 0 Å². The molecule has 1 rings (SSSR count). The van der Waals surface area contributed by atoms with E-state index in [-0.39, 0.29) is 5.91 Å². The minimum absolute atomic E-state index is 0.187. The van der Waals surface area contributed by atoms with E-state index in [9.17, 15) is 4.79 Å². The summed E-state index contributed by atoms with van der Waals surface area (Å²) in [5.74, 6) is 0.459. The van der Waals surface area contributed by atoms with Gasteiger partial charge in [0.2, 0.25) is 0 Å². The SMILES string of the molecule is CCC(C)N(C)CCNC(=O)c1cnc(NC)cn1. The van der Waals surface area contributed by atoms with E-state index in [0.29, 0.717) is 24.1 Å². The lowest BCUT2D eigenvalue weighted by atomic mass is 10.2. The first-order valence-electron chi connectivity index (χ1n) is 6.56. The molecule has 0 saturated carbocycles. The average Bonchev–Trinajstić information content (AvgIpc) is 2.46. The Morgan fingerprint density at radius 2 is 2.16 bits per heavy atom. The van der Waals surface area contributed by atoms with E-state index >= 15 is 0 Å². The van der Waals surface area contributed by atoms with Gasteiger partial charge in [0.1, 0.15) is 11.5 Å². The number of nitrogens with zero attached hydrogens (tertiary/aromatic N) is 3. The van der Waals surface area contributed by atoms with Crippen LogP contribution >= 0.6 is 0 Å². The minimum Gasteiger partial charge on any atom is -0.372 e. The van der Waals surface area contributed by atoms with Crippen LogP contribution in [0.2, 0.25) is 0 Å². The summed E-state index contributed by atoms with van der Waals surface area (Å²) in [6.07, 6.45) is 4.11. The summed E-state index contributed by atoms with van der Waals surface area (Å²) in [6, 6.07) is 0.520. The summed E-state index contributed by atoms with van der Waals surface area (Å²) in [7, 11) is 3.82. The van der Waals surface area contributed by atoms with E-state index in [0.717, 1.165) is 13.0 Å². The number of nitrogens with one attached hydrogen (secondary N) is 2. The van der Waals surface area contributed by atoms with Gasteiger partial charge in [0.05, 0.1) is 12.4 Å². The summed E-state index contributed by atoms with van der Waals surface area (Å²) in [4.78, 5) is 22.1. The van der Waals surface area contributed by atoms with E-state index < -0.39 is 0 Å². The van der Waals surface area contributed by atoms with Crippen molar-refractivity contribution < 1.29 is 4.79 Å².